The van der Waals surface area contributed by atoms with Gasteiger partial charge in [0.15, 0.2) is 5.75 Å². The molecular formula is C6H8N2O2. The van der Waals surface area contributed by atoms with Crippen LogP contribution in [-0.4, -0.2) is 14.9 Å². The third-order valence-electron chi connectivity index (χ3n) is 1.41. The van der Waals surface area contributed by atoms with Gasteiger partial charge in [0, 0.05) is 7.05 Å². The highest BCUT2D eigenvalue weighted by Gasteiger charge is 2.01. The number of rotatable bonds is 0. The van der Waals surface area contributed by atoms with Crippen molar-refractivity contribution in [3.05, 3.63) is 22.1 Å². The van der Waals surface area contributed by atoms with Crippen LogP contribution in [0.4, 0.5) is 0 Å². The maximum Gasteiger partial charge on any atom is 0.241 e. The summed E-state index contributed by atoms with van der Waals surface area (Å²) in [5.74, 6) is -0.225. The van der Waals surface area contributed by atoms with Crippen molar-refractivity contribution in [2.45, 2.75) is 6.92 Å². The smallest absolute Gasteiger partial charge is 0.241 e. The van der Waals surface area contributed by atoms with E-state index in [1.807, 2.05) is 0 Å². The van der Waals surface area contributed by atoms with Crippen LogP contribution in [0.15, 0.2) is 11.0 Å². The molecule has 0 saturated heterocycles. The molecule has 4 nitrogen and oxygen atoms in total. The van der Waals surface area contributed by atoms with Gasteiger partial charge in [-0.25, -0.2) is 0 Å². The lowest BCUT2D eigenvalue weighted by molar-refractivity contribution is 0.450. The zero-order valence-corrected chi connectivity index (χ0v) is 5.83. The summed E-state index contributed by atoms with van der Waals surface area (Å²) in [4.78, 5) is 10.7. The third kappa shape index (κ3) is 0.877. The van der Waals surface area contributed by atoms with Gasteiger partial charge in [-0.1, -0.05) is 0 Å². The molecule has 0 spiro atoms. The lowest BCUT2D eigenvalue weighted by atomic mass is 10.4. The van der Waals surface area contributed by atoms with E-state index >= 15 is 0 Å². The SMILES string of the molecule is Cc1c(O)c(=O)cnn1C. The van der Waals surface area contributed by atoms with E-state index in [2.05, 4.69) is 5.10 Å². The van der Waals surface area contributed by atoms with Crippen LogP contribution < -0.4 is 5.43 Å². The Hall–Kier alpha value is -1.32. The highest BCUT2D eigenvalue weighted by Crippen LogP contribution is 2.04. The lowest BCUT2D eigenvalue weighted by Gasteiger charge is -2.01. The molecule has 10 heavy (non-hydrogen) atoms. The van der Waals surface area contributed by atoms with Gasteiger partial charge in [-0.15, -0.1) is 0 Å². The molecule has 0 aromatic carbocycles. The Morgan fingerprint density at radius 2 is 2.30 bits per heavy atom. The zero-order valence-electron chi connectivity index (χ0n) is 5.83. The Labute approximate surface area is 57.7 Å². The molecule has 1 aromatic rings. The van der Waals surface area contributed by atoms with Crippen LogP contribution in [0.25, 0.3) is 0 Å². The first-order valence-electron chi connectivity index (χ1n) is 2.85. The first-order valence-corrected chi connectivity index (χ1v) is 2.85. The van der Waals surface area contributed by atoms with Crippen molar-refractivity contribution in [1.82, 2.24) is 9.78 Å². The minimum Gasteiger partial charge on any atom is -0.503 e. The van der Waals surface area contributed by atoms with Crippen molar-refractivity contribution < 1.29 is 5.11 Å². The second-order valence-electron chi connectivity index (χ2n) is 2.07. The van der Waals surface area contributed by atoms with Crippen LogP contribution in [0.5, 0.6) is 5.75 Å². The number of nitrogens with zero attached hydrogens (tertiary/aromatic N) is 2. The van der Waals surface area contributed by atoms with Crippen LogP contribution in [-0.2, 0) is 7.05 Å². The number of hydrogen-bond donors (Lipinski definition) is 1. The van der Waals surface area contributed by atoms with Gasteiger partial charge in [-0.05, 0) is 6.92 Å². The lowest BCUT2D eigenvalue weighted by Crippen LogP contribution is -2.10. The van der Waals surface area contributed by atoms with Crippen LogP contribution in [0.2, 0.25) is 0 Å². The number of aromatic nitrogens is 2. The predicted molar refractivity (Wildman–Crippen MR) is 35.9 cm³/mol. The number of hydrogen-bond acceptors (Lipinski definition) is 3. The first kappa shape index (κ1) is 6.80. The fraction of sp³-hybridized carbons (Fsp3) is 0.333. The minimum absolute atomic E-state index is 0.225. The molecular weight excluding hydrogens is 132 g/mol. The van der Waals surface area contributed by atoms with Crippen LogP contribution in [0.1, 0.15) is 5.69 Å². The molecule has 0 amide bonds. The summed E-state index contributed by atoms with van der Waals surface area (Å²) in [5.41, 5.74) is 0.0445. The van der Waals surface area contributed by atoms with Crippen molar-refractivity contribution in [2.24, 2.45) is 7.05 Å². The standard InChI is InChI=1S/C6H8N2O2/c1-4-6(10)5(9)3-7-8(4)2/h3,10H,1-2H3. The molecule has 0 unspecified atom stereocenters. The molecule has 0 aliphatic rings. The van der Waals surface area contributed by atoms with E-state index in [0.29, 0.717) is 5.69 Å². The molecule has 0 aliphatic heterocycles. The monoisotopic (exact) mass is 140 g/mol. The van der Waals surface area contributed by atoms with Gasteiger partial charge in [-0.2, -0.15) is 5.10 Å². The van der Waals surface area contributed by atoms with E-state index in [1.54, 1.807) is 14.0 Å². The highest BCUT2D eigenvalue weighted by atomic mass is 16.3. The minimum atomic E-state index is -0.435. The van der Waals surface area contributed by atoms with Crippen molar-refractivity contribution >= 4 is 0 Å². The van der Waals surface area contributed by atoms with Crippen molar-refractivity contribution in [3.8, 4) is 5.75 Å². The van der Waals surface area contributed by atoms with Crippen LogP contribution in [0.3, 0.4) is 0 Å². The van der Waals surface area contributed by atoms with Gasteiger partial charge in [0.1, 0.15) is 0 Å². The molecule has 1 heterocycles. The van der Waals surface area contributed by atoms with Gasteiger partial charge >= 0.3 is 0 Å². The maximum absolute atomic E-state index is 10.7. The van der Waals surface area contributed by atoms with Crippen LogP contribution >= 0.6 is 0 Å². The quantitative estimate of drug-likeness (QED) is 0.542. The normalized spacial score (nSPS) is 9.80. The second kappa shape index (κ2) is 2.13. The Kier molecular flexibility index (Phi) is 1.45. The average molecular weight is 140 g/mol. The molecule has 0 radical (unpaired) electrons. The van der Waals surface area contributed by atoms with E-state index in [9.17, 15) is 4.79 Å². The molecule has 1 N–H and O–H groups in total. The summed E-state index contributed by atoms with van der Waals surface area (Å²) in [5, 5.41) is 12.7. The molecule has 1 aromatic heterocycles. The predicted octanol–water partition coefficient (Wildman–Crippen LogP) is -0.206. The Morgan fingerprint density at radius 3 is 2.80 bits per heavy atom. The summed E-state index contributed by atoms with van der Waals surface area (Å²) >= 11 is 0. The van der Waals surface area contributed by atoms with E-state index in [4.69, 9.17) is 5.11 Å². The summed E-state index contributed by atoms with van der Waals surface area (Å²) in [6.45, 7) is 1.63. The highest BCUT2D eigenvalue weighted by molar-refractivity contribution is 5.22. The van der Waals surface area contributed by atoms with Crippen LogP contribution in [0, 0.1) is 6.92 Å². The summed E-state index contributed by atoms with van der Waals surface area (Å²) in [6, 6.07) is 0. The van der Waals surface area contributed by atoms with Gasteiger partial charge in [0.05, 0.1) is 11.9 Å². The Balaban J connectivity index is 3.49. The van der Waals surface area contributed by atoms with E-state index < -0.39 is 5.43 Å². The van der Waals surface area contributed by atoms with E-state index in [1.165, 1.54) is 4.68 Å². The largest absolute Gasteiger partial charge is 0.503 e. The molecule has 54 valence electrons. The topological polar surface area (TPSA) is 55.1 Å². The molecule has 0 aliphatic carbocycles. The van der Waals surface area contributed by atoms with Crippen molar-refractivity contribution in [3.63, 3.8) is 0 Å². The molecule has 1 rings (SSSR count). The summed E-state index contributed by atoms with van der Waals surface area (Å²) in [6.07, 6.45) is 1.09. The molecule has 0 saturated carbocycles. The average Bonchev–Trinajstić information content (AvgIpc) is 1.93. The molecule has 0 bridgehead atoms. The number of aromatic hydroxyl groups is 1. The number of aryl methyl sites for hydroxylation is 1. The van der Waals surface area contributed by atoms with Gasteiger partial charge in [0.2, 0.25) is 5.43 Å². The summed E-state index contributed by atoms with van der Waals surface area (Å²) in [7, 11) is 1.66. The van der Waals surface area contributed by atoms with Crippen molar-refractivity contribution in [2.75, 3.05) is 0 Å². The summed E-state index contributed by atoms with van der Waals surface area (Å²) < 4.78 is 1.44. The molecule has 4 heteroatoms. The molecule has 0 atom stereocenters. The second-order valence-corrected chi connectivity index (χ2v) is 2.07. The fourth-order valence-corrected chi connectivity index (χ4v) is 0.618. The van der Waals surface area contributed by atoms with E-state index in [0.717, 1.165) is 6.20 Å². The van der Waals surface area contributed by atoms with Gasteiger partial charge in [0.25, 0.3) is 0 Å². The third-order valence-corrected chi connectivity index (χ3v) is 1.41. The molecule has 0 fully saturated rings. The zero-order chi connectivity index (χ0) is 7.72. The first-order chi connectivity index (χ1) is 4.63. The van der Waals surface area contributed by atoms with Gasteiger partial charge < -0.3 is 5.11 Å². The Morgan fingerprint density at radius 1 is 1.70 bits per heavy atom. The van der Waals surface area contributed by atoms with Crippen molar-refractivity contribution in [1.29, 1.82) is 0 Å². The fourth-order valence-electron chi connectivity index (χ4n) is 0.618. The Bertz CT molecular complexity index is 303. The van der Waals surface area contributed by atoms with E-state index in [-0.39, 0.29) is 5.75 Å². The van der Waals surface area contributed by atoms with Gasteiger partial charge in [-0.3, -0.25) is 9.48 Å². The maximum atomic E-state index is 10.7.